The topological polar surface area (TPSA) is 130 Å². The number of nitrogens with zero attached hydrogens (tertiary/aromatic N) is 1. The van der Waals surface area contributed by atoms with Crippen LogP contribution in [0.1, 0.15) is 15.9 Å². The van der Waals surface area contributed by atoms with Crippen molar-refractivity contribution in [3.63, 3.8) is 0 Å². The number of anilines is 1. The van der Waals surface area contributed by atoms with E-state index >= 15 is 0 Å². The van der Waals surface area contributed by atoms with Crippen LogP contribution in [-0.2, 0) is 11.2 Å². The highest BCUT2D eigenvalue weighted by Crippen LogP contribution is 2.25. The minimum Gasteiger partial charge on any atom is -0.506 e. The van der Waals surface area contributed by atoms with E-state index < -0.39 is 16.8 Å². The van der Waals surface area contributed by atoms with Gasteiger partial charge in [-0.15, -0.1) is 0 Å². The van der Waals surface area contributed by atoms with E-state index in [1.165, 1.54) is 24.3 Å². The summed E-state index contributed by atoms with van der Waals surface area (Å²) < 4.78 is 0. The molecule has 0 aliphatic carbocycles. The van der Waals surface area contributed by atoms with E-state index in [-0.39, 0.29) is 34.7 Å². The van der Waals surface area contributed by atoms with Gasteiger partial charge in [0.15, 0.2) is 0 Å². The van der Waals surface area contributed by atoms with Gasteiger partial charge < -0.3 is 15.5 Å². The predicted molar refractivity (Wildman–Crippen MR) is 80.5 cm³/mol. The summed E-state index contributed by atoms with van der Waals surface area (Å²) in [5.74, 6) is -2.12. The summed E-state index contributed by atoms with van der Waals surface area (Å²) >= 11 is 0. The molecule has 2 aromatic rings. The number of benzene rings is 2. The number of aromatic carboxylic acids is 1. The number of para-hydroxylation sites is 1. The molecule has 0 saturated carbocycles. The lowest BCUT2D eigenvalue weighted by Crippen LogP contribution is -2.15. The van der Waals surface area contributed by atoms with Crippen LogP contribution in [0.2, 0.25) is 0 Å². The Bertz CT molecular complexity index is 787. The Balaban J connectivity index is 2.19. The Kier molecular flexibility index (Phi) is 4.55. The first-order valence-electron chi connectivity index (χ1n) is 6.47. The van der Waals surface area contributed by atoms with Crippen LogP contribution in [0, 0.1) is 10.1 Å². The molecule has 8 nitrogen and oxygen atoms in total. The average molecular weight is 316 g/mol. The van der Waals surface area contributed by atoms with Crippen molar-refractivity contribution in [3.05, 3.63) is 63.7 Å². The van der Waals surface area contributed by atoms with Crippen molar-refractivity contribution in [2.24, 2.45) is 0 Å². The molecular formula is C15H12N2O6. The fourth-order valence-electron chi connectivity index (χ4n) is 1.97. The number of phenols is 1. The zero-order valence-corrected chi connectivity index (χ0v) is 11.7. The van der Waals surface area contributed by atoms with Gasteiger partial charge in [0.1, 0.15) is 5.75 Å². The Morgan fingerprint density at radius 2 is 1.87 bits per heavy atom. The SMILES string of the molecule is O=C(Cc1ccccc1[N+](=O)[O-])Nc1cc(C(=O)O)ccc1O. The predicted octanol–water partition coefficient (Wildman–Crippen LogP) is 2.18. The molecule has 23 heavy (non-hydrogen) atoms. The third-order valence-corrected chi connectivity index (χ3v) is 3.06. The van der Waals surface area contributed by atoms with Crippen molar-refractivity contribution >= 4 is 23.3 Å². The average Bonchev–Trinajstić information content (AvgIpc) is 2.49. The molecule has 1 amide bonds. The lowest BCUT2D eigenvalue weighted by molar-refractivity contribution is -0.385. The number of phenolic OH excluding ortho intramolecular Hbond substituents is 1. The van der Waals surface area contributed by atoms with Gasteiger partial charge in [-0.3, -0.25) is 14.9 Å². The molecule has 0 fully saturated rings. The van der Waals surface area contributed by atoms with Gasteiger partial charge in [-0.05, 0) is 18.2 Å². The summed E-state index contributed by atoms with van der Waals surface area (Å²) in [4.78, 5) is 33.2. The Labute approximate surface area is 130 Å². The highest BCUT2D eigenvalue weighted by molar-refractivity contribution is 5.96. The number of nitro benzene ring substituents is 1. The molecule has 0 aliphatic heterocycles. The van der Waals surface area contributed by atoms with Crippen LogP contribution < -0.4 is 5.32 Å². The van der Waals surface area contributed by atoms with Gasteiger partial charge in [0.25, 0.3) is 5.69 Å². The fraction of sp³-hybridized carbons (Fsp3) is 0.0667. The van der Waals surface area contributed by atoms with Gasteiger partial charge in [0.05, 0.1) is 22.6 Å². The van der Waals surface area contributed by atoms with Crippen molar-refractivity contribution in [1.29, 1.82) is 0 Å². The highest BCUT2D eigenvalue weighted by Gasteiger charge is 2.17. The minimum atomic E-state index is -1.21. The number of hydrogen-bond acceptors (Lipinski definition) is 5. The molecule has 0 saturated heterocycles. The molecule has 0 aromatic heterocycles. The first-order chi connectivity index (χ1) is 10.9. The molecule has 0 heterocycles. The Hall–Kier alpha value is -3.42. The molecule has 0 unspecified atom stereocenters. The van der Waals surface area contributed by atoms with E-state index in [1.807, 2.05) is 0 Å². The Morgan fingerprint density at radius 3 is 2.52 bits per heavy atom. The van der Waals surface area contributed by atoms with Gasteiger partial charge >= 0.3 is 5.97 Å². The fourth-order valence-corrected chi connectivity index (χ4v) is 1.97. The first kappa shape index (κ1) is 16.0. The number of carboxylic acids is 1. The third-order valence-electron chi connectivity index (χ3n) is 3.06. The number of nitro groups is 1. The lowest BCUT2D eigenvalue weighted by Gasteiger charge is -2.08. The second-order valence-electron chi connectivity index (χ2n) is 4.65. The molecule has 3 N–H and O–H groups in total. The molecule has 0 bridgehead atoms. The quantitative estimate of drug-likeness (QED) is 0.440. The summed E-state index contributed by atoms with van der Waals surface area (Å²) in [7, 11) is 0. The third kappa shape index (κ3) is 3.82. The summed E-state index contributed by atoms with van der Waals surface area (Å²) in [6, 6.07) is 9.23. The summed E-state index contributed by atoms with van der Waals surface area (Å²) in [5, 5.41) is 31.8. The van der Waals surface area contributed by atoms with Crippen molar-refractivity contribution in [2.75, 3.05) is 5.32 Å². The Morgan fingerprint density at radius 1 is 1.17 bits per heavy atom. The summed E-state index contributed by atoms with van der Waals surface area (Å²) in [6.07, 6.45) is -0.284. The lowest BCUT2D eigenvalue weighted by atomic mass is 10.1. The van der Waals surface area contributed by atoms with Gasteiger partial charge in [-0.1, -0.05) is 18.2 Å². The number of carbonyl (C=O) groups is 2. The van der Waals surface area contributed by atoms with Crippen LogP contribution >= 0.6 is 0 Å². The first-order valence-corrected chi connectivity index (χ1v) is 6.47. The van der Waals surface area contributed by atoms with Gasteiger partial charge in [0.2, 0.25) is 5.91 Å². The maximum atomic E-state index is 12.0. The minimum absolute atomic E-state index is 0.0755. The zero-order valence-electron chi connectivity index (χ0n) is 11.7. The van der Waals surface area contributed by atoms with E-state index in [2.05, 4.69) is 5.32 Å². The van der Waals surface area contributed by atoms with E-state index in [0.717, 1.165) is 12.1 Å². The van der Waals surface area contributed by atoms with Crippen LogP contribution in [0.4, 0.5) is 11.4 Å². The second kappa shape index (κ2) is 6.56. The maximum absolute atomic E-state index is 12.0. The number of rotatable bonds is 5. The largest absolute Gasteiger partial charge is 0.506 e. The van der Waals surface area contributed by atoms with E-state index in [4.69, 9.17) is 5.11 Å². The molecule has 8 heteroatoms. The van der Waals surface area contributed by atoms with E-state index in [0.29, 0.717) is 0 Å². The molecule has 2 rings (SSSR count). The number of nitrogens with one attached hydrogen (secondary N) is 1. The molecule has 118 valence electrons. The van der Waals surface area contributed by atoms with Crippen molar-refractivity contribution in [3.8, 4) is 5.75 Å². The molecule has 0 spiro atoms. The molecular weight excluding hydrogens is 304 g/mol. The van der Waals surface area contributed by atoms with Crippen LogP contribution in [0.15, 0.2) is 42.5 Å². The number of carboxylic acid groups (broad SMARTS) is 1. The standard InChI is InChI=1S/C15H12N2O6/c18-13-6-5-10(15(20)21)7-11(13)16-14(19)8-9-3-1-2-4-12(9)17(22)23/h1-7,18H,8H2,(H,16,19)(H,20,21). The highest BCUT2D eigenvalue weighted by atomic mass is 16.6. The van der Waals surface area contributed by atoms with Gasteiger partial charge in [-0.25, -0.2) is 4.79 Å². The van der Waals surface area contributed by atoms with Gasteiger partial charge in [0, 0.05) is 11.6 Å². The second-order valence-corrected chi connectivity index (χ2v) is 4.65. The molecule has 0 atom stereocenters. The monoisotopic (exact) mass is 316 g/mol. The van der Waals surface area contributed by atoms with Gasteiger partial charge in [-0.2, -0.15) is 0 Å². The van der Waals surface area contributed by atoms with E-state index in [9.17, 15) is 24.8 Å². The number of hydrogen-bond donors (Lipinski definition) is 3. The number of aromatic hydroxyl groups is 1. The molecule has 0 radical (unpaired) electrons. The zero-order chi connectivity index (χ0) is 17.0. The maximum Gasteiger partial charge on any atom is 0.335 e. The van der Waals surface area contributed by atoms with Crippen LogP contribution in [0.25, 0.3) is 0 Å². The van der Waals surface area contributed by atoms with E-state index in [1.54, 1.807) is 6.07 Å². The van der Waals surface area contributed by atoms with Crippen LogP contribution in [0.5, 0.6) is 5.75 Å². The van der Waals surface area contributed by atoms with Crippen LogP contribution in [-0.4, -0.2) is 27.0 Å². The normalized spacial score (nSPS) is 10.1. The van der Waals surface area contributed by atoms with Crippen LogP contribution in [0.3, 0.4) is 0 Å². The summed E-state index contributed by atoms with van der Waals surface area (Å²) in [5.41, 5.74) is -0.160. The summed E-state index contributed by atoms with van der Waals surface area (Å²) in [6.45, 7) is 0. The molecule has 0 aliphatic rings. The van der Waals surface area contributed by atoms with Crippen molar-refractivity contribution < 1.29 is 24.7 Å². The van der Waals surface area contributed by atoms with Crippen molar-refractivity contribution in [1.82, 2.24) is 0 Å². The van der Waals surface area contributed by atoms with Crippen molar-refractivity contribution in [2.45, 2.75) is 6.42 Å². The number of carbonyl (C=O) groups excluding carboxylic acids is 1. The molecule has 2 aromatic carbocycles. The smallest absolute Gasteiger partial charge is 0.335 e. The number of amides is 1.